The second kappa shape index (κ2) is 7.02. The van der Waals surface area contributed by atoms with Gasteiger partial charge >= 0.3 is 5.63 Å². The third-order valence-corrected chi connectivity index (χ3v) is 5.13. The van der Waals surface area contributed by atoms with Gasteiger partial charge in [-0.25, -0.2) is 4.79 Å². The summed E-state index contributed by atoms with van der Waals surface area (Å²) >= 11 is 6.09. The number of hydrogen-bond acceptors (Lipinski definition) is 4. The van der Waals surface area contributed by atoms with Gasteiger partial charge in [0.25, 0.3) is 0 Å². The van der Waals surface area contributed by atoms with E-state index in [0.29, 0.717) is 5.58 Å². The number of rotatable bonds is 3. The van der Waals surface area contributed by atoms with Crippen molar-refractivity contribution in [1.82, 2.24) is 0 Å². The van der Waals surface area contributed by atoms with Gasteiger partial charge in [0.15, 0.2) is 0 Å². The number of phenolic OH excluding ortho intramolecular Hbond substituents is 1. The van der Waals surface area contributed by atoms with E-state index in [4.69, 9.17) is 16.0 Å². The topological polar surface area (TPSA) is 58.1 Å². The van der Waals surface area contributed by atoms with Crippen LogP contribution in [0, 0.1) is 0 Å². The van der Waals surface area contributed by atoms with Gasteiger partial charge in [-0.1, -0.05) is 17.7 Å². The van der Waals surface area contributed by atoms with Gasteiger partial charge in [-0.3, -0.25) is 0 Å². The molecule has 2 N–H and O–H groups in total. The fraction of sp³-hybridized carbons (Fsp3) is 0.250. The summed E-state index contributed by atoms with van der Waals surface area (Å²) in [6, 6.07) is 14.4. The number of anilines is 1. The van der Waals surface area contributed by atoms with E-state index in [1.165, 1.54) is 11.0 Å². The molecule has 134 valence electrons. The maximum absolute atomic E-state index is 11.8. The molecule has 3 aromatic rings. The highest BCUT2D eigenvalue weighted by Gasteiger charge is 2.21. The molecule has 1 fully saturated rings. The zero-order valence-electron chi connectivity index (χ0n) is 14.2. The van der Waals surface area contributed by atoms with Crippen LogP contribution in [0.4, 0.5) is 5.69 Å². The van der Waals surface area contributed by atoms with Crippen molar-refractivity contribution in [3.63, 3.8) is 0 Å². The molecule has 0 radical (unpaired) electrons. The van der Waals surface area contributed by atoms with Crippen LogP contribution < -0.4 is 15.4 Å². The number of nitrogens with zero attached hydrogens (tertiary/aromatic N) is 1. The van der Waals surface area contributed by atoms with Crippen molar-refractivity contribution in [2.24, 2.45) is 0 Å². The van der Waals surface area contributed by atoms with Gasteiger partial charge in [-0.15, -0.1) is 0 Å². The average molecular weight is 372 g/mol. The Labute approximate surface area is 156 Å². The maximum atomic E-state index is 11.8. The Morgan fingerprint density at radius 2 is 1.92 bits per heavy atom. The monoisotopic (exact) mass is 371 g/mol. The van der Waals surface area contributed by atoms with Gasteiger partial charge in [0.2, 0.25) is 0 Å². The van der Waals surface area contributed by atoms with E-state index in [0.717, 1.165) is 54.4 Å². The van der Waals surface area contributed by atoms with Crippen molar-refractivity contribution < 1.29 is 14.4 Å². The second-order valence-corrected chi connectivity index (χ2v) is 7.10. The number of nitrogens with one attached hydrogen (secondary N) is 1. The van der Waals surface area contributed by atoms with Crippen LogP contribution in [-0.4, -0.2) is 31.3 Å². The Balaban J connectivity index is 1.50. The van der Waals surface area contributed by atoms with Gasteiger partial charge in [-0.2, -0.15) is 0 Å². The van der Waals surface area contributed by atoms with Crippen LogP contribution >= 0.6 is 11.6 Å². The van der Waals surface area contributed by atoms with Gasteiger partial charge in [0.1, 0.15) is 17.9 Å². The van der Waals surface area contributed by atoms with E-state index >= 15 is 0 Å². The summed E-state index contributed by atoms with van der Waals surface area (Å²) in [5, 5.41) is 11.2. The Morgan fingerprint density at radius 1 is 1.12 bits per heavy atom. The lowest BCUT2D eigenvalue weighted by Crippen LogP contribution is -3.13. The molecule has 0 amide bonds. The minimum atomic E-state index is -0.380. The first-order valence-corrected chi connectivity index (χ1v) is 9.06. The molecule has 2 heterocycles. The van der Waals surface area contributed by atoms with E-state index in [1.807, 2.05) is 24.3 Å². The zero-order valence-corrected chi connectivity index (χ0v) is 15.0. The van der Waals surface area contributed by atoms with Crippen molar-refractivity contribution >= 4 is 28.3 Å². The van der Waals surface area contributed by atoms with Crippen molar-refractivity contribution in [1.29, 1.82) is 0 Å². The predicted molar refractivity (Wildman–Crippen MR) is 102 cm³/mol. The van der Waals surface area contributed by atoms with Crippen LogP contribution in [0.5, 0.6) is 5.75 Å². The summed E-state index contributed by atoms with van der Waals surface area (Å²) < 4.78 is 5.21. The van der Waals surface area contributed by atoms with E-state index < -0.39 is 0 Å². The third kappa shape index (κ3) is 3.54. The molecule has 0 atom stereocenters. The number of quaternary nitrogens is 1. The molecule has 1 aromatic heterocycles. The standard InChI is InChI=1S/C20H19ClN2O3/c21-15-2-1-3-16(11-15)23-8-6-22(7-9-23)13-14-10-20(25)26-19-12-17(24)4-5-18(14)19/h1-5,10-12,24H,6-9,13H2/p+1. The SMILES string of the molecule is O=c1cc(C[NH+]2CCN(c3cccc(Cl)c3)CC2)c2ccc(O)cc2o1. The van der Waals surface area contributed by atoms with Gasteiger partial charge in [0.05, 0.1) is 26.2 Å². The van der Waals surface area contributed by atoms with Crippen molar-refractivity contribution in [3.8, 4) is 5.75 Å². The summed E-state index contributed by atoms with van der Waals surface area (Å²) in [6.45, 7) is 4.60. The molecule has 5 nitrogen and oxygen atoms in total. The molecule has 1 aliphatic heterocycles. The molecule has 0 spiro atoms. The highest BCUT2D eigenvalue weighted by Crippen LogP contribution is 2.22. The predicted octanol–water partition coefficient (Wildman–Crippen LogP) is 2.06. The van der Waals surface area contributed by atoms with Crippen LogP contribution in [0.15, 0.2) is 57.7 Å². The highest BCUT2D eigenvalue weighted by molar-refractivity contribution is 6.30. The lowest BCUT2D eigenvalue weighted by Gasteiger charge is -2.33. The van der Waals surface area contributed by atoms with E-state index in [1.54, 1.807) is 12.1 Å². The number of phenols is 1. The molecule has 1 aliphatic rings. The molecule has 0 saturated carbocycles. The number of piperazine rings is 1. The number of benzene rings is 2. The van der Waals surface area contributed by atoms with Crippen molar-refractivity contribution in [2.75, 3.05) is 31.1 Å². The molecule has 26 heavy (non-hydrogen) atoms. The number of aromatic hydroxyl groups is 1. The van der Waals surface area contributed by atoms with Crippen LogP contribution in [0.1, 0.15) is 5.56 Å². The summed E-state index contributed by atoms with van der Waals surface area (Å²) in [6.07, 6.45) is 0. The van der Waals surface area contributed by atoms with E-state index in [9.17, 15) is 9.90 Å². The molecule has 6 heteroatoms. The normalized spacial score (nSPS) is 15.5. The van der Waals surface area contributed by atoms with E-state index in [2.05, 4.69) is 11.0 Å². The fourth-order valence-corrected chi connectivity index (χ4v) is 3.75. The average Bonchev–Trinajstić information content (AvgIpc) is 2.62. The minimum Gasteiger partial charge on any atom is -0.508 e. The van der Waals surface area contributed by atoms with Crippen LogP contribution in [0.2, 0.25) is 5.02 Å². The number of hydrogen-bond donors (Lipinski definition) is 2. The second-order valence-electron chi connectivity index (χ2n) is 6.66. The van der Waals surface area contributed by atoms with Crippen LogP contribution in [0.3, 0.4) is 0 Å². The quantitative estimate of drug-likeness (QED) is 0.692. The minimum absolute atomic E-state index is 0.0975. The first kappa shape index (κ1) is 16.9. The van der Waals surface area contributed by atoms with Crippen molar-refractivity contribution in [2.45, 2.75) is 6.54 Å². The van der Waals surface area contributed by atoms with Crippen LogP contribution in [0.25, 0.3) is 11.0 Å². The zero-order chi connectivity index (χ0) is 18.1. The molecule has 1 saturated heterocycles. The molecule has 0 bridgehead atoms. The first-order valence-electron chi connectivity index (χ1n) is 8.68. The summed E-state index contributed by atoms with van der Waals surface area (Å²) in [7, 11) is 0. The third-order valence-electron chi connectivity index (χ3n) is 4.90. The molecule has 0 aliphatic carbocycles. The number of halogens is 1. The highest BCUT2D eigenvalue weighted by atomic mass is 35.5. The number of fused-ring (bicyclic) bond motifs is 1. The van der Waals surface area contributed by atoms with Crippen molar-refractivity contribution in [3.05, 3.63) is 69.5 Å². The maximum Gasteiger partial charge on any atom is 0.336 e. The Bertz CT molecular complexity index is 994. The Hall–Kier alpha value is -2.50. The van der Waals surface area contributed by atoms with Gasteiger partial charge < -0.3 is 19.3 Å². The van der Waals surface area contributed by atoms with Gasteiger partial charge in [0, 0.05) is 33.8 Å². The smallest absolute Gasteiger partial charge is 0.336 e. The van der Waals surface area contributed by atoms with E-state index in [-0.39, 0.29) is 11.4 Å². The van der Waals surface area contributed by atoms with Gasteiger partial charge in [-0.05, 0) is 30.3 Å². The summed E-state index contributed by atoms with van der Waals surface area (Å²) in [5.41, 5.74) is 2.17. The fourth-order valence-electron chi connectivity index (χ4n) is 3.56. The Kier molecular flexibility index (Phi) is 4.57. The molecule has 0 unspecified atom stereocenters. The lowest BCUT2D eigenvalue weighted by atomic mass is 10.1. The Morgan fingerprint density at radius 3 is 2.69 bits per heavy atom. The van der Waals surface area contributed by atoms with Crippen LogP contribution in [-0.2, 0) is 6.54 Å². The molecule has 4 rings (SSSR count). The summed E-state index contributed by atoms with van der Waals surface area (Å²) in [5.74, 6) is 0.0975. The lowest BCUT2D eigenvalue weighted by molar-refractivity contribution is -0.914. The summed E-state index contributed by atoms with van der Waals surface area (Å²) in [4.78, 5) is 15.6. The first-order chi connectivity index (χ1) is 12.6. The molecule has 2 aromatic carbocycles. The molecular formula is C20H20ClN2O3+. The largest absolute Gasteiger partial charge is 0.508 e. The molecular weight excluding hydrogens is 352 g/mol.